The summed E-state index contributed by atoms with van der Waals surface area (Å²) >= 11 is 1.72. The average Bonchev–Trinajstić information content (AvgIpc) is 2.37. The minimum atomic E-state index is -0.722. The van der Waals surface area contributed by atoms with Crippen molar-refractivity contribution in [3.63, 3.8) is 0 Å². The monoisotopic (exact) mass is 273 g/mol. The molecule has 1 aromatic carbocycles. The Bertz CT molecular complexity index is 374. The standard InChI is InChI=1S/C14H21F2NS/c1-4-8-17-12(7-9-18-3)11-6-5-10(2)13(15)14(11)16/h5-6,12,17H,4,7-9H2,1-3H3. The molecule has 0 aliphatic heterocycles. The lowest BCUT2D eigenvalue weighted by atomic mass is 10.0. The van der Waals surface area contributed by atoms with Gasteiger partial charge >= 0.3 is 0 Å². The number of benzene rings is 1. The Morgan fingerprint density at radius 1 is 1.28 bits per heavy atom. The second-order valence-electron chi connectivity index (χ2n) is 4.39. The number of halogens is 2. The third kappa shape index (κ3) is 3.95. The molecule has 0 saturated heterocycles. The van der Waals surface area contributed by atoms with Gasteiger partial charge < -0.3 is 5.32 Å². The Morgan fingerprint density at radius 3 is 2.61 bits per heavy atom. The van der Waals surface area contributed by atoms with Crippen LogP contribution in [0.2, 0.25) is 0 Å². The van der Waals surface area contributed by atoms with Gasteiger partial charge in [-0.15, -0.1) is 0 Å². The summed E-state index contributed by atoms with van der Waals surface area (Å²) < 4.78 is 27.5. The maximum absolute atomic E-state index is 13.9. The highest BCUT2D eigenvalue weighted by atomic mass is 32.2. The number of hydrogen-bond acceptors (Lipinski definition) is 2. The van der Waals surface area contributed by atoms with Gasteiger partial charge in [-0.2, -0.15) is 11.8 Å². The smallest absolute Gasteiger partial charge is 0.163 e. The van der Waals surface area contributed by atoms with Gasteiger partial charge in [0, 0.05) is 11.6 Å². The maximum atomic E-state index is 13.9. The third-order valence-electron chi connectivity index (χ3n) is 2.93. The Labute approximate surface area is 112 Å². The van der Waals surface area contributed by atoms with E-state index in [2.05, 4.69) is 12.2 Å². The van der Waals surface area contributed by atoms with Crippen molar-refractivity contribution in [2.45, 2.75) is 32.7 Å². The average molecular weight is 273 g/mol. The molecule has 4 heteroatoms. The first kappa shape index (κ1) is 15.4. The molecule has 0 bridgehead atoms. The van der Waals surface area contributed by atoms with E-state index in [1.165, 1.54) is 0 Å². The largest absolute Gasteiger partial charge is 0.310 e. The molecular weight excluding hydrogens is 252 g/mol. The normalized spacial score (nSPS) is 12.7. The summed E-state index contributed by atoms with van der Waals surface area (Å²) in [4.78, 5) is 0. The van der Waals surface area contributed by atoms with Crippen molar-refractivity contribution in [2.75, 3.05) is 18.6 Å². The third-order valence-corrected chi connectivity index (χ3v) is 3.58. The van der Waals surface area contributed by atoms with Crippen LogP contribution in [0, 0.1) is 18.6 Å². The van der Waals surface area contributed by atoms with Crippen LogP contribution in [0.1, 0.15) is 36.9 Å². The highest BCUT2D eigenvalue weighted by molar-refractivity contribution is 7.98. The molecule has 1 unspecified atom stereocenters. The Balaban J connectivity index is 2.93. The van der Waals surface area contributed by atoms with Gasteiger partial charge in [-0.25, -0.2) is 8.78 Å². The van der Waals surface area contributed by atoms with E-state index in [0.29, 0.717) is 11.1 Å². The van der Waals surface area contributed by atoms with Crippen molar-refractivity contribution < 1.29 is 8.78 Å². The van der Waals surface area contributed by atoms with E-state index >= 15 is 0 Å². The van der Waals surface area contributed by atoms with E-state index < -0.39 is 11.6 Å². The Kier molecular flexibility index (Phi) is 6.65. The topological polar surface area (TPSA) is 12.0 Å². The minimum absolute atomic E-state index is 0.104. The van der Waals surface area contributed by atoms with Crippen molar-refractivity contribution in [3.05, 3.63) is 34.9 Å². The molecule has 0 saturated carbocycles. The predicted octanol–water partition coefficient (Wildman–Crippen LogP) is 4.07. The van der Waals surface area contributed by atoms with Crippen LogP contribution in [0.15, 0.2) is 12.1 Å². The summed E-state index contributed by atoms with van der Waals surface area (Å²) in [6.07, 6.45) is 3.80. The van der Waals surface area contributed by atoms with Gasteiger partial charge in [-0.05, 0) is 43.9 Å². The molecule has 0 aromatic heterocycles. The molecule has 1 atom stereocenters. The van der Waals surface area contributed by atoms with Gasteiger partial charge in [0.15, 0.2) is 11.6 Å². The van der Waals surface area contributed by atoms with E-state index in [-0.39, 0.29) is 6.04 Å². The summed E-state index contributed by atoms with van der Waals surface area (Å²) in [5, 5.41) is 3.29. The quantitative estimate of drug-likeness (QED) is 0.804. The first-order valence-corrected chi connectivity index (χ1v) is 7.68. The lowest BCUT2D eigenvalue weighted by Crippen LogP contribution is -2.24. The number of thioether (sulfide) groups is 1. The molecule has 1 N–H and O–H groups in total. The molecule has 0 fully saturated rings. The lowest BCUT2D eigenvalue weighted by Gasteiger charge is -2.20. The number of hydrogen-bond donors (Lipinski definition) is 1. The Hall–Kier alpha value is -0.610. The summed E-state index contributed by atoms with van der Waals surface area (Å²) in [5.41, 5.74) is 0.802. The zero-order chi connectivity index (χ0) is 13.5. The molecule has 0 aliphatic carbocycles. The van der Waals surface area contributed by atoms with E-state index in [9.17, 15) is 8.78 Å². The van der Waals surface area contributed by atoms with Crippen LogP contribution < -0.4 is 5.32 Å². The molecular formula is C14H21F2NS. The highest BCUT2D eigenvalue weighted by Gasteiger charge is 2.18. The molecule has 0 spiro atoms. The van der Waals surface area contributed by atoms with E-state index in [1.54, 1.807) is 30.8 Å². The fourth-order valence-corrected chi connectivity index (χ4v) is 2.32. The highest BCUT2D eigenvalue weighted by Crippen LogP contribution is 2.25. The van der Waals surface area contributed by atoms with Crippen molar-refractivity contribution in [1.82, 2.24) is 5.32 Å². The van der Waals surface area contributed by atoms with Gasteiger partial charge in [-0.3, -0.25) is 0 Å². The second kappa shape index (κ2) is 7.74. The summed E-state index contributed by atoms with van der Waals surface area (Å²) in [6.45, 7) is 4.46. The van der Waals surface area contributed by atoms with Crippen LogP contribution in [0.25, 0.3) is 0 Å². The van der Waals surface area contributed by atoms with Crippen molar-refractivity contribution in [2.24, 2.45) is 0 Å². The first-order chi connectivity index (χ1) is 8.61. The SMILES string of the molecule is CCCNC(CCSC)c1ccc(C)c(F)c1F. The fourth-order valence-electron chi connectivity index (χ4n) is 1.85. The van der Waals surface area contributed by atoms with Crippen LogP contribution in [-0.4, -0.2) is 18.6 Å². The zero-order valence-corrected chi connectivity index (χ0v) is 12.0. The fraction of sp³-hybridized carbons (Fsp3) is 0.571. The molecule has 1 nitrogen and oxygen atoms in total. The summed E-state index contributed by atoms with van der Waals surface area (Å²) in [6, 6.07) is 3.24. The Morgan fingerprint density at radius 2 is 2.00 bits per heavy atom. The molecule has 0 amide bonds. The van der Waals surface area contributed by atoms with Crippen molar-refractivity contribution in [1.29, 1.82) is 0 Å². The molecule has 1 rings (SSSR count). The molecule has 0 aliphatic rings. The van der Waals surface area contributed by atoms with Gasteiger partial charge in [0.25, 0.3) is 0 Å². The maximum Gasteiger partial charge on any atom is 0.163 e. The van der Waals surface area contributed by atoms with Crippen molar-refractivity contribution >= 4 is 11.8 Å². The van der Waals surface area contributed by atoms with Crippen molar-refractivity contribution in [3.8, 4) is 0 Å². The van der Waals surface area contributed by atoms with E-state index in [4.69, 9.17) is 0 Å². The van der Waals surface area contributed by atoms with Gasteiger partial charge in [0.1, 0.15) is 0 Å². The second-order valence-corrected chi connectivity index (χ2v) is 5.37. The zero-order valence-electron chi connectivity index (χ0n) is 11.2. The molecule has 0 heterocycles. The lowest BCUT2D eigenvalue weighted by molar-refractivity contribution is 0.453. The van der Waals surface area contributed by atoms with Crippen LogP contribution >= 0.6 is 11.8 Å². The van der Waals surface area contributed by atoms with Crippen LogP contribution in [0.4, 0.5) is 8.78 Å². The van der Waals surface area contributed by atoms with Crippen LogP contribution in [0.5, 0.6) is 0 Å². The molecule has 18 heavy (non-hydrogen) atoms. The molecule has 102 valence electrons. The molecule has 1 aromatic rings. The van der Waals surface area contributed by atoms with E-state index in [1.807, 2.05) is 6.26 Å². The predicted molar refractivity (Wildman–Crippen MR) is 75.1 cm³/mol. The van der Waals surface area contributed by atoms with Gasteiger partial charge in [0.2, 0.25) is 0 Å². The summed E-state index contributed by atoms with van der Waals surface area (Å²) in [5.74, 6) is -0.499. The number of nitrogens with one attached hydrogen (secondary N) is 1. The van der Waals surface area contributed by atoms with E-state index in [0.717, 1.165) is 25.1 Å². The van der Waals surface area contributed by atoms with Crippen LogP contribution in [-0.2, 0) is 0 Å². The minimum Gasteiger partial charge on any atom is -0.310 e. The van der Waals surface area contributed by atoms with Crippen LogP contribution in [0.3, 0.4) is 0 Å². The number of rotatable bonds is 7. The molecule has 0 radical (unpaired) electrons. The summed E-state index contributed by atoms with van der Waals surface area (Å²) in [7, 11) is 0. The first-order valence-electron chi connectivity index (χ1n) is 6.28. The number of aryl methyl sites for hydroxylation is 1. The van der Waals surface area contributed by atoms with Gasteiger partial charge in [-0.1, -0.05) is 19.1 Å². The van der Waals surface area contributed by atoms with Gasteiger partial charge in [0.05, 0.1) is 0 Å².